The standard InChI is InChI=1S/C38H44N4O7/c1-24-19-20-39-33(22-24)42(37(47)49-38(3,4)5)21-9-12-34(44)40-25(2)36(46)41-31(23-35(45)48-6)27-15-13-26(14-16-27)28-17-18-32(43)30-11-8-7-10-29(28)30/h7-8,10-11,13-20,22,25,31,43H,9,12,21,23H2,1-6H3,(H,40,44)(H,41,46)/t25-,31-/m0/s1. The molecule has 0 fully saturated rings. The third-order valence-corrected chi connectivity index (χ3v) is 7.79. The minimum atomic E-state index is -0.907. The predicted molar refractivity (Wildman–Crippen MR) is 188 cm³/mol. The number of hydrogen-bond donors (Lipinski definition) is 3. The number of nitrogens with one attached hydrogen (secondary N) is 2. The number of phenols is 1. The maximum absolute atomic E-state index is 13.2. The number of aromatic hydroxyl groups is 1. The number of nitrogens with zero attached hydrogens (tertiary/aromatic N) is 2. The summed E-state index contributed by atoms with van der Waals surface area (Å²) in [5.74, 6) is -0.744. The van der Waals surface area contributed by atoms with Gasteiger partial charge in [-0.3, -0.25) is 19.3 Å². The first-order valence-corrected chi connectivity index (χ1v) is 16.2. The van der Waals surface area contributed by atoms with Crippen molar-refractivity contribution in [2.24, 2.45) is 0 Å². The lowest BCUT2D eigenvalue weighted by molar-refractivity contribution is -0.141. The van der Waals surface area contributed by atoms with Crippen molar-refractivity contribution in [3.8, 4) is 16.9 Å². The molecule has 258 valence electrons. The van der Waals surface area contributed by atoms with Gasteiger partial charge in [-0.15, -0.1) is 0 Å². The lowest BCUT2D eigenvalue weighted by Gasteiger charge is -2.27. The Hall–Kier alpha value is -5.45. The average Bonchev–Trinajstić information content (AvgIpc) is 3.05. The molecule has 49 heavy (non-hydrogen) atoms. The summed E-state index contributed by atoms with van der Waals surface area (Å²) < 4.78 is 10.4. The number of carbonyl (C=O) groups excluding carboxylic acids is 4. The van der Waals surface area contributed by atoms with E-state index in [2.05, 4.69) is 15.6 Å². The molecule has 0 aliphatic rings. The molecule has 0 unspecified atom stereocenters. The molecule has 0 aliphatic heterocycles. The van der Waals surface area contributed by atoms with E-state index in [1.54, 1.807) is 46.0 Å². The third kappa shape index (κ3) is 10.0. The molecule has 11 nitrogen and oxygen atoms in total. The van der Waals surface area contributed by atoms with Gasteiger partial charge in [-0.25, -0.2) is 9.78 Å². The Bertz CT molecular complexity index is 1800. The second kappa shape index (κ2) is 16.1. The number of aryl methyl sites for hydroxylation is 1. The Morgan fingerprint density at radius 1 is 0.939 bits per heavy atom. The Morgan fingerprint density at radius 2 is 1.63 bits per heavy atom. The normalized spacial score (nSPS) is 12.4. The van der Waals surface area contributed by atoms with Gasteiger partial charge in [0.25, 0.3) is 0 Å². The smallest absolute Gasteiger partial charge is 0.416 e. The monoisotopic (exact) mass is 668 g/mol. The summed E-state index contributed by atoms with van der Waals surface area (Å²) in [4.78, 5) is 57.1. The number of ether oxygens (including phenoxy) is 2. The van der Waals surface area contributed by atoms with Gasteiger partial charge in [0.15, 0.2) is 0 Å². The molecule has 0 saturated carbocycles. The summed E-state index contributed by atoms with van der Waals surface area (Å²) in [5, 5.41) is 17.5. The molecule has 3 N–H and O–H groups in total. The molecule has 0 radical (unpaired) electrons. The first-order chi connectivity index (χ1) is 23.3. The quantitative estimate of drug-likeness (QED) is 0.148. The van der Waals surface area contributed by atoms with Crippen LogP contribution >= 0.6 is 0 Å². The largest absolute Gasteiger partial charge is 0.507 e. The lowest BCUT2D eigenvalue weighted by Crippen LogP contribution is -2.46. The molecule has 4 aromatic rings. The number of hydrogen-bond acceptors (Lipinski definition) is 8. The van der Waals surface area contributed by atoms with E-state index < -0.39 is 35.7 Å². The fraction of sp³-hybridized carbons (Fsp3) is 0.342. The van der Waals surface area contributed by atoms with Crippen molar-refractivity contribution in [3.63, 3.8) is 0 Å². The molecule has 0 aliphatic carbocycles. The van der Waals surface area contributed by atoms with Crippen molar-refractivity contribution in [1.82, 2.24) is 15.6 Å². The highest BCUT2D eigenvalue weighted by Crippen LogP contribution is 2.34. The molecular weight excluding hydrogens is 624 g/mol. The molecule has 1 aromatic heterocycles. The van der Waals surface area contributed by atoms with Crippen molar-refractivity contribution in [1.29, 1.82) is 0 Å². The van der Waals surface area contributed by atoms with Gasteiger partial charge in [0.2, 0.25) is 11.8 Å². The Morgan fingerprint density at radius 3 is 2.29 bits per heavy atom. The number of esters is 1. The highest BCUT2D eigenvalue weighted by atomic mass is 16.6. The number of aromatic nitrogens is 1. The van der Waals surface area contributed by atoms with Gasteiger partial charge in [0.05, 0.1) is 19.6 Å². The van der Waals surface area contributed by atoms with Crippen LogP contribution in [-0.4, -0.2) is 59.3 Å². The van der Waals surface area contributed by atoms with Crippen LogP contribution in [0.2, 0.25) is 0 Å². The fourth-order valence-corrected chi connectivity index (χ4v) is 5.29. The highest BCUT2D eigenvalue weighted by molar-refractivity contribution is 6.00. The summed E-state index contributed by atoms with van der Waals surface area (Å²) in [7, 11) is 1.28. The molecule has 4 rings (SSSR count). The van der Waals surface area contributed by atoms with Crippen molar-refractivity contribution in [2.75, 3.05) is 18.6 Å². The number of benzene rings is 3. The second-order valence-corrected chi connectivity index (χ2v) is 12.9. The van der Waals surface area contributed by atoms with E-state index in [9.17, 15) is 24.3 Å². The maximum Gasteiger partial charge on any atom is 0.416 e. The van der Waals surface area contributed by atoms with Crippen LogP contribution in [-0.2, 0) is 23.9 Å². The molecule has 11 heteroatoms. The number of phenolic OH excluding ortho intramolecular Hbond substituents is 1. The third-order valence-electron chi connectivity index (χ3n) is 7.79. The SMILES string of the molecule is COC(=O)C[C@H](NC(=O)[C@H](C)NC(=O)CCCN(C(=O)OC(C)(C)C)c1cc(C)ccn1)c1ccc(-c2ccc(O)c3ccccc23)cc1. The molecule has 2 atom stereocenters. The minimum Gasteiger partial charge on any atom is -0.507 e. The number of fused-ring (bicyclic) bond motifs is 1. The average molecular weight is 669 g/mol. The number of rotatable bonds is 12. The Kier molecular flexibility index (Phi) is 12.0. The zero-order valence-corrected chi connectivity index (χ0v) is 28.8. The zero-order chi connectivity index (χ0) is 35.7. The highest BCUT2D eigenvalue weighted by Gasteiger charge is 2.26. The van der Waals surface area contributed by atoms with Crippen LogP contribution in [0.4, 0.5) is 10.6 Å². The zero-order valence-electron chi connectivity index (χ0n) is 28.8. The molecule has 0 spiro atoms. The van der Waals surface area contributed by atoms with Crippen molar-refractivity contribution < 1.29 is 33.8 Å². The Labute approximate surface area is 286 Å². The first kappa shape index (κ1) is 36.4. The second-order valence-electron chi connectivity index (χ2n) is 12.9. The molecular formula is C38H44N4O7. The first-order valence-electron chi connectivity index (χ1n) is 16.2. The maximum atomic E-state index is 13.2. The minimum absolute atomic E-state index is 0.0434. The molecule has 1 heterocycles. The summed E-state index contributed by atoms with van der Waals surface area (Å²) in [6.07, 6.45) is 1.26. The van der Waals surface area contributed by atoms with E-state index in [4.69, 9.17) is 9.47 Å². The van der Waals surface area contributed by atoms with Crippen LogP contribution in [0.1, 0.15) is 64.1 Å². The van der Waals surface area contributed by atoms with Crippen molar-refractivity contribution in [3.05, 3.63) is 90.1 Å². The van der Waals surface area contributed by atoms with Crippen LogP contribution < -0.4 is 15.5 Å². The summed E-state index contributed by atoms with van der Waals surface area (Å²) in [5.41, 5.74) is 2.70. The van der Waals surface area contributed by atoms with Crippen LogP contribution in [0.15, 0.2) is 79.0 Å². The van der Waals surface area contributed by atoms with Gasteiger partial charge in [0, 0.05) is 24.5 Å². The van der Waals surface area contributed by atoms with E-state index in [-0.39, 0.29) is 31.0 Å². The predicted octanol–water partition coefficient (Wildman–Crippen LogP) is 6.36. The number of carbonyl (C=O) groups is 4. The van der Waals surface area contributed by atoms with Gasteiger partial charge in [-0.2, -0.15) is 0 Å². The van der Waals surface area contributed by atoms with Gasteiger partial charge < -0.3 is 25.2 Å². The molecule has 3 aromatic carbocycles. The van der Waals surface area contributed by atoms with Gasteiger partial charge in [-0.1, -0.05) is 54.6 Å². The lowest BCUT2D eigenvalue weighted by atomic mass is 9.95. The molecule has 0 saturated heterocycles. The van der Waals surface area contributed by atoms with E-state index in [0.29, 0.717) is 17.8 Å². The summed E-state index contributed by atoms with van der Waals surface area (Å²) in [6.45, 7) is 8.95. The molecule has 3 amide bonds. The van der Waals surface area contributed by atoms with E-state index in [1.165, 1.54) is 12.0 Å². The van der Waals surface area contributed by atoms with Gasteiger partial charge in [-0.05, 0) is 86.9 Å². The number of pyridine rings is 1. The van der Waals surface area contributed by atoms with Crippen LogP contribution in [0.25, 0.3) is 21.9 Å². The number of methoxy groups -OCH3 is 1. The number of anilines is 1. The summed E-state index contributed by atoms with van der Waals surface area (Å²) >= 11 is 0. The number of amides is 3. The van der Waals surface area contributed by atoms with E-state index >= 15 is 0 Å². The van der Waals surface area contributed by atoms with Crippen LogP contribution in [0.5, 0.6) is 5.75 Å². The Balaban J connectivity index is 1.39. The summed E-state index contributed by atoms with van der Waals surface area (Å²) in [6, 6.07) is 20.5. The topological polar surface area (TPSA) is 147 Å². The van der Waals surface area contributed by atoms with Gasteiger partial charge in [0.1, 0.15) is 23.2 Å². The van der Waals surface area contributed by atoms with Crippen LogP contribution in [0, 0.1) is 6.92 Å². The van der Waals surface area contributed by atoms with Crippen molar-refractivity contribution >= 4 is 40.5 Å². The van der Waals surface area contributed by atoms with Crippen LogP contribution in [0.3, 0.4) is 0 Å². The van der Waals surface area contributed by atoms with Gasteiger partial charge >= 0.3 is 12.1 Å². The van der Waals surface area contributed by atoms with E-state index in [0.717, 1.165) is 27.5 Å². The van der Waals surface area contributed by atoms with E-state index in [1.807, 2.05) is 67.6 Å². The fourth-order valence-electron chi connectivity index (χ4n) is 5.29. The van der Waals surface area contributed by atoms with Crippen molar-refractivity contribution in [2.45, 2.75) is 71.6 Å². The molecule has 0 bridgehead atoms.